The maximum Gasteiger partial charge on any atom is 0.354 e. The van der Waals surface area contributed by atoms with Crippen molar-refractivity contribution >= 4 is 40.8 Å². The van der Waals surface area contributed by atoms with Crippen LogP contribution in [0.1, 0.15) is 16.8 Å². The van der Waals surface area contributed by atoms with Crippen molar-refractivity contribution in [2.24, 2.45) is 5.10 Å². The minimum absolute atomic E-state index is 0.228. The van der Waals surface area contributed by atoms with E-state index in [1.807, 2.05) is 0 Å². The molecule has 0 aliphatic rings. The second-order valence-electron chi connectivity index (χ2n) is 4.18. The summed E-state index contributed by atoms with van der Waals surface area (Å²) in [5.41, 5.74) is 2.65. The van der Waals surface area contributed by atoms with Gasteiger partial charge in [-0.15, -0.1) is 0 Å². The van der Waals surface area contributed by atoms with E-state index in [1.54, 1.807) is 19.2 Å². The molecule has 1 aromatic carbocycles. The van der Waals surface area contributed by atoms with E-state index in [9.17, 15) is 14.4 Å². The molecule has 23 heavy (non-hydrogen) atoms. The molecule has 0 atom stereocenters. The lowest BCUT2D eigenvalue weighted by molar-refractivity contribution is -0.140. The Labute approximate surface area is 137 Å². The quantitative estimate of drug-likeness (QED) is 0.457. The van der Waals surface area contributed by atoms with Gasteiger partial charge in [0, 0.05) is 17.8 Å². The van der Waals surface area contributed by atoms with Gasteiger partial charge in [0.25, 0.3) is 5.91 Å². The van der Waals surface area contributed by atoms with E-state index in [0.29, 0.717) is 10.7 Å². The van der Waals surface area contributed by atoms with E-state index in [1.165, 1.54) is 13.2 Å². The van der Waals surface area contributed by atoms with Gasteiger partial charge < -0.3 is 14.8 Å². The molecule has 0 bridgehead atoms. The number of hydrogen-bond acceptors (Lipinski definition) is 7. The normalized spacial score (nSPS) is 10.7. The SMILES string of the molecule is CNc1ccc(Cl)cc1C(=O)N/N=C(\CC(=O)OC)C(=O)OC. The van der Waals surface area contributed by atoms with Crippen LogP contribution in [0.25, 0.3) is 0 Å². The number of rotatable bonds is 6. The lowest BCUT2D eigenvalue weighted by Crippen LogP contribution is -2.26. The number of hydrazone groups is 1. The van der Waals surface area contributed by atoms with Crippen molar-refractivity contribution in [1.29, 1.82) is 0 Å². The predicted octanol–water partition coefficient (Wildman–Crippen LogP) is 1.20. The number of ether oxygens (including phenoxy) is 2. The molecule has 0 unspecified atom stereocenters. The zero-order chi connectivity index (χ0) is 17.4. The zero-order valence-corrected chi connectivity index (χ0v) is 13.6. The van der Waals surface area contributed by atoms with Gasteiger partial charge in [-0.1, -0.05) is 11.6 Å². The third-order valence-electron chi connectivity index (χ3n) is 2.75. The summed E-state index contributed by atoms with van der Waals surface area (Å²) >= 11 is 5.86. The van der Waals surface area contributed by atoms with Crippen molar-refractivity contribution in [2.75, 3.05) is 26.6 Å². The van der Waals surface area contributed by atoms with Crippen molar-refractivity contribution in [2.45, 2.75) is 6.42 Å². The van der Waals surface area contributed by atoms with Crippen LogP contribution >= 0.6 is 11.6 Å². The molecule has 9 heteroatoms. The number of carbonyl (C=O) groups is 3. The van der Waals surface area contributed by atoms with Gasteiger partial charge in [-0.2, -0.15) is 5.10 Å². The summed E-state index contributed by atoms with van der Waals surface area (Å²) in [7, 11) is 3.94. The fraction of sp³-hybridized carbons (Fsp3) is 0.286. The van der Waals surface area contributed by atoms with E-state index >= 15 is 0 Å². The Bertz CT molecular complexity index is 645. The largest absolute Gasteiger partial charge is 0.469 e. The van der Waals surface area contributed by atoms with Gasteiger partial charge in [0.05, 0.1) is 26.2 Å². The highest BCUT2D eigenvalue weighted by atomic mass is 35.5. The first-order valence-electron chi connectivity index (χ1n) is 6.42. The van der Waals surface area contributed by atoms with Crippen molar-refractivity contribution in [1.82, 2.24) is 5.43 Å². The summed E-state index contributed by atoms with van der Waals surface area (Å²) in [5, 5.41) is 6.83. The number of esters is 2. The molecule has 124 valence electrons. The van der Waals surface area contributed by atoms with Gasteiger partial charge >= 0.3 is 11.9 Å². The van der Waals surface area contributed by atoms with E-state index in [2.05, 4.69) is 25.3 Å². The molecule has 1 amide bonds. The number of benzene rings is 1. The molecule has 0 saturated carbocycles. The number of nitrogens with one attached hydrogen (secondary N) is 2. The van der Waals surface area contributed by atoms with Crippen molar-refractivity contribution in [3.8, 4) is 0 Å². The average Bonchev–Trinajstić information content (AvgIpc) is 2.57. The molecule has 0 radical (unpaired) electrons. The summed E-state index contributed by atoms with van der Waals surface area (Å²) in [6, 6.07) is 4.68. The predicted molar refractivity (Wildman–Crippen MR) is 84.5 cm³/mol. The van der Waals surface area contributed by atoms with E-state index < -0.39 is 24.3 Å². The summed E-state index contributed by atoms with van der Waals surface area (Å²) in [4.78, 5) is 35.0. The molecule has 0 saturated heterocycles. The maximum atomic E-state index is 12.2. The molecular formula is C14H16ClN3O5. The molecule has 0 aromatic heterocycles. The molecular weight excluding hydrogens is 326 g/mol. The molecule has 8 nitrogen and oxygen atoms in total. The third kappa shape index (κ3) is 5.26. The minimum Gasteiger partial charge on any atom is -0.469 e. The second-order valence-corrected chi connectivity index (χ2v) is 4.62. The average molecular weight is 342 g/mol. The number of carbonyl (C=O) groups excluding carboxylic acids is 3. The lowest BCUT2D eigenvalue weighted by Gasteiger charge is -2.09. The monoisotopic (exact) mass is 341 g/mol. The fourth-order valence-electron chi connectivity index (χ4n) is 1.58. The minimum atomic E-state index is -0.851. The van der Waals surface area contributed by atoms with Crippen LogP contribution < -0.4 is 10.7 Å². The van der Waals surface area contributed by atoms with Gasteiger partial charge in [0.2, 0.25) is 0 Å². The smallest absolute Gasteiger partial charge is 0.354 e. The Morgan fingerprint density at radius 2 is 1.91 bits per heavy atom. The Morgan fingerprint density at radius 1 is 1.22 bits per heavy atom. The summed E-state index contributed by atoms with van der Waals surface area (Å²) in [5.74, 6) is -2.15. The highest BCUT2D eigenvalue weighted by molar-refractivity contribution is 6.39. The van der Waals surface area contributed by atoms with Crippen LogP contribution in [0, 0.1) is 0 Å². The van der Waals surface area contributed by atoms with Crippen molar-refractivity contribution in [3.63, 3.8) is 0 Å². The highest BCUT2D eigenvalue weighted by Crippen LogP contribution is 2.20. The van der Waals surface area contributed by atoms with Gasteiger partial charge in [0.15, 0.2) is 5.71 Å². The number of nitrogens with zero attached hydrogens (tertiary/aromatic N) is 1. The number of hydrogen-bond donors (Lipinski definition) is 2. The molecule has 0 spiro atoms. The number of amides is 1. The molecule has 0 aliphatic heterocycles. The number of anilines is 1. The summed E-state index contributed by atoms with van der Waals surface area (Å²) in [6.45, 7) is 0. The third-order valence-corrected chi connectivity index (χ3v) is 2.98. The van der Waals surface area contributed by atoms with Gasteiger partial charge in [0.1, 0.15) is 0 Å². The van der Waals surface area contributed by atoms with E-state index in [-0.39, 0.29) is 11.3 Å². The van der Waals surface area contributed by atoms with E-state index in [4.69, 9.17) is 11.6 Å². The Balaban J connectivity index is 2.99. The van der Waals surface area contributed by atoms with Crippen LogP contribution in [-0.4, -0.2) is 44.8 Å². The summed E-state index contributed by atoms with van der Waals surface area (Å²) < 4.78 is 8.95. The van der Waals surface area contributed by atoms with E-state index in [0.717, 1.165) is 7.11 Å². The molecule has 2 N–H and O–H groups in total. The van der Waals surface area contributed by atoms with Gasteiger partial charge in [-0.3, -0.25) is 9.59 Å². The molecule has 1 rings (SSSR count). The molecule has 0 fully saturated rings. The van der Waals surface area contributed by atoms with Crippen LogP contribution in [0.4, 0.5) is 5.69 Å². The van der Waals surface area contributed by atoms with Crippen LogP contribution in [0.5, 0.6) is 0 Å². The van der Waals surface area contributed by atoms with Crippen LogP contribution in [0.2, 0.25) is 5.02 Å². The number of halogens is 1. The Hall–Kier alpha value is -2.61. The maximum absolute atomic E-state index is 12.2. The first-order chi connectivity index (χ1) is 10.9. The fourth-order valence-corrected chi connectivity index (χ4v) is 1.76. The van der Waals surface area contributed by atoms with Crippen LogP contribution in [-0.2, 0) is 19.1 Å². The van der Waals surface area contributed by atoms with Crippen molar-refractivity contribution < 1.29 is 23.9 Å². The Kier molecular flexibility index (Phi) is 7.01. The lowest BCUT2D eigenvalue weighted by atomic mass is 10.1. The zero-order valence-electron chi connectivity index (χ0n) is 12.8. The van der Waals surface area contributed by atoms with Crippen LogP contribution in [0.15, 0.2) is 23.3 Å². The molecule has 0 aliphatic carbocycles. The van der Waals surface area contributed by atoms with Gasteiger partial charge in [-0.05, 0) is 18.2 Å². The van der Waals surface area contributed by atoms with Crippen LogP contribution in [0.3, 0.4) is 0 Å². The highest BCUT2D eigenvalue weighted by Gasteiger charge is 2.18. The topological polar surface area (TPSA) is 106 Å². The first-order valence-corrected chi connectivity index (χ1v) is 6.80. The van der Waals surface area contributed by atoms with Gasteiger partial charge in [-0.25, -0.2) is 10.2 Å². The Morgan fingerprint density at radius 3 is 2.48 bits per heavy atom. The second kappa shape index (κ2) is 8.74. The molecule has 1 aromatic rings. The summed E-state index contributed by atoms with van der Waals surface area (Å²) in [6.07, 6.45) is -0.433. The number of methoxy groups -OCH3 is 2. The first kappa shape index (κ1) is 18.4. The van der Waals surface area contributed by atoms with Crippen molar-refractivity contribution in [3.05, 3.63) is 28.8 Å². The molecule has 0 heterocycles. The standard InChI is InChI=1S/C14H16ClN3O5/c1-16-10-5-4-8(15)6-9(10)13(20)18-17-11(14(21)23-3)7-12(19)22-2/h4-6,16H,7H2,1-3H3,(H,18,20)/b17-11+.